The molecule has 2 aliphatic rings. The Hall–Kier alpha value is -1.82. The number of rotatable bonds is 6. The van der Waals surface area contributed by atoms with Crippen molar-refractivity contribution in [2.75, 3.05) is 0 Å². The highest BCUT2D eigenvalue weighted by Gasteiger charge is 2.34. The van der Waals surface area contributed by atoms with Crippen molar-refractivity contribution in [3.8, 4) is 11.6 Å². The highest BCUT2D eigenvalue weighted by atomic mass is 35.5. The molecule has 2 bridgehead atoms. The molecule has 0 spiro atoms. The van der Waals surface area contributed by atoms with Crippen LogP contribution in [0.4, 0.5) is 0 Å². The standard InChI is InChI=1S/C21H25N3O2.2ClH/c25-20(12-16-10-17-7-8-18(11-16)24-17)22-13-15-6-9-21(23-14-15)26-19-4-2-1-3-5-19;;/h1-6,9,14,16-18,24H,7-8,10-13H2,(H,22,25);2*1H. The summed E-state index contributed by atoms with van der Waals surface area (Å²) in [6.45, 7) is 0.509. The van der Waals surface area contributed by atoms with Gasteiger partial charge in [-0.25, -0.2) is 4.98 Å². The van der Waals surface area contributed by atoms with E-state index in [1.165, 1.54) is 12.8 Å². The third kappa shape index (κ3) is 6.09. The number of fused-ring (bicyclic) bond motifs is 2. The average molecular weight is 424 g/mol. The fraction of sp³-hybridized carbons (Fsp3) is 0.429. The van der Waals surface area contributed by atoms with Gasteiger partial charge in [-0.05, 0) is 49.3 Å². The number of ether oxygens (including phenoxy) is 1. The van der Waals surface area contributed by atoms with Crippen molar-refractivity contribution in [3.05, 3.63) is 54.2 Å². The zero-order valence-electron chi connectivity index (χ0n) is 15.7. The monoisotopic (exact) mass is 423 g/mol. The van der Waals surface area contributed by atoms with Gasteiger partial charge < -0.3 is 15.4 Å². The van der Waals surface area contributed by atoms with Gasteiger partial charge in [0.05, 0.1) is 0 Å². The number of halogens is 2. The van der Waals surface area contributed by atoms with Crippen molar-refractivity contribution in [3.63, 3.8) is 0 Å². The minimum Gasteiger partial charge on any atom is -0.439 e. The largest absolute Gasteiger partial charge is 0.439 e. The van der Waals surface area contributed by atoms with Gasteiger partial charge in [-0.15, -0.1) is 24.8 Å². The summed E-state index contributed by atoms with van der Waals surface area (Å²) in [7, 11) is 0. The van der Waals surface area contributed by atoms with Crippen molar-refractivity contribution in [1.29, 1.82) is 0 Å². The topological polar surface area (TPSA) is 63.2 Å². The molecule has 7 heteroatoms. The molecule has 0 radical (unpaired) electrons. The predicted octanol–water partition coefficient (Wildman–Crippen LogP) is 4.25. The van der Waals surface area contributed by atoms with Crippen LogP contribution < -0.4 is 15.4 Å². The second-order valence-electron chi connectivity index (χ2n) is 7.38. The molecule has 2 unspecified atom stereocenters. The SMILES string of the molecule is Cl.Cl.O=C(CC1CC2CCC(C1)N2)NCc1ccc(Oc2ccccc2)nc1. The third-order valence-corrected chi connectivity index (χ3v) is 5.30. The molecule has 0 aliphatic carbocycles. The van der Waals surface area contributed by atoms with E-state index in [0.29, 0.717) is 36.8 Å². The van der Waals surface area contributed by atoms with E-state index in [2.05, 4.69) is 15.6 Å². The number of carbonyl (C=O) groups excluding carboxylic acids is 1. The molecule has 2 atom stereocenters. The molecule has 152 valence electrons. The van der Waals surface area contributed by atoms with Crippen LogP contribution in [0.1, 0.15) is 37.7 Å². The molecule has 5 nitrogen and oxygen atoms in total. The highest BCUT2D eigenvalue weighted by molar-refractivity contribution is 5.85. The number of hydrogen-bond donors (Lipinski definition) is 2. The number of benzene rings is 1. The third-order valence-electron chi connectivity index (χ3n) is 5.30. The predicted molar refractivity (Wildman–Crippen MR) is 114 cm³/mol. The van der Waals surface area contributed by atoms with Gasteiger partial charge >= 0.3 is 0 Å². The van der Waals surface area contributed by atoms with Crippen molar-refractivity contribution in [2.45, 2.75) is 50.7 Å². The number of piperidine rings is 1. The lowest BCUT2D eigenvalue weighted by atomic mass is 9.89. The number of amides is 1. The van der Waals surface area contributed by atoms with Crippen LogP contribution in [0.25, 0.3) is 0 Å². The average Bonchev–Trinajstić information content (AvgIpc) is 3.00. The normalized spacial score (nSPS) is 22.5. The molecule has 2 fully saturated rings. The van der Waals surface area contributed by atoms with E-state index < -0.39 is 0 Å². The van der Waals surface area contributed by atoms with Gasteiger partial charge in [-0.3, -0.25) is 4.79 Å². The first-order valence-electron chi connectivity index (χ1n) is 9.45. The van der Waals surface area contributed by atoms with Crippen molar-refractivity contribution >= 4 is 30.7 Å². The van der Waals surface area contributed by atoms with Crippen molar-refractivity contribution < 1.29 is 9.53 Å². The first kappa shape index (κ1) is 22.5. The molecule has 2 N–H and O–H groups in total. The van der Waals surface area contributed by atoms with E-state index in [-0.39, 0.29) is 30.7 Å². The Balaban J connectivity index is 0.00000140. The summed E-state index contributed by atoms with van der Waals surface area (Å²) in [5.41, 5.74) is 0.976. The van der Waals surface area contributed by atoms with Crippen LogP contribution in [0.5, 0.6) is 11.6 Å². The first-order valence-corrected chi connectivity index (χ1v) is 9.45. The molecular formula is C21H27Cl2N3O2. The van der Waals surface area contributed by atoms with Gasteiger partial charge in [0.25, 0.3) is 0 Å². The Kier molecular flexibility index (Phi) is 8.55. The summed E-state index contributed by atoms with van der Waals surface area (Å²) in [6, 6.07) is 14.6. The molecule has 4 rings (SSSR count). The van der Waals surface area contributed by atoms with Crippen LogP contribution in [-0.4, -0.2) is 23.0 Å². The van der Waals surface area contributed by atoms with E-state index in [9.17, 15) is 4.79 Å². The van der Waals surface area contributed by atoms with Gasteiger partial charge in [0.1, 0.15) is 5.75 Å². The molecule has 2 aliphatic heterocycles. The minimum atomic E-state index is 0. The summed E-state index contributed by atoms with van der Waals surface area (Å²) in [6.07, 6.45) is 7.20. The maximum absolute atomic E-state index is 12.2. The van der Waals surface area contributed by atoms with Gasteiger partial charge in [0.2, 0.25) is 11.8 Å². The number of nitrogens with one attached hydrogen (secondary N) is 2. The summed E-state index contributed by atoms with van der Waals surface area (Å²) in [5, 5.41) is 6.65. The second-order valence-corrected chi connectivity index (χ2v) is 7.38. The van der Waals surface area contributed by atoms with Crippen LogP contribution in [-0.2, 0) is 11.3 Å². The van der Waals surface area contributed by atoms with Crippen molar-refractivity contribution in [1.82, 2.24) is 15.6 Å². The smallest absolute Gasteiger partial charge is 0.220 e. The lowest BCUT2D eigenvalue weighted by Gasteiger charge is -2.28. The number of pyridine rings is 1. The zero-order valence-corrected chi connectivity index (χ0v) is 17.3. The Morgan fingerprint density at radius 1 is 1.07 bits per heavy atom. The highest BCUT2D eigenvalue weighted by Crippen LogP contribution is 2.32. The summed E-state index contributed by atoms with van der Waals surface area (Å²) in [4.78, 5) is 16.6. The zero-order chi connectivity index (χ0) is 17.8. The molecule has 1 aromatic carbocycles. The number of para-hydroxylation sites is 1. The van der Waals surface area contributed by atoms with Crippen LogP contribution >= 0.6 is 24.8 Å². The molecular weight excluding hydrogens is 397 g/mol. The summed E-state index contributed by atoms with van der Waals surface area (Å²) in [5.74, 6) is 1.97. The van der Waals surface area contributed by atoms with Gasteiger partial charge in [-0.1, -0.05) is 24.3 Å². The Morgan fingerprint density at radius 2 is 1.79 bits per heavy atom. The van der Waals surface area contributed by atoms with E-state index in [4.69, 9.17) is 4.74 Å². The van der Waals surface area contributed by atoms with Gasteiger partial charge in [-0.2, -0.15) is 0 Å². The maximum atomic E-state index is 12.2. The fourth-order valence-corrected chi connectivity index (χ4v) is 4.06. The summed E-state index contributed by atoms with van der Waals surface area (Å²) >= 11 is 0. The maximum Gasteiger partial charge on any atom is 0.220 e. The molecule has 0 saturated carbocycles. The number of carbonyl (C=O) groups is 1. The lowest BCUT2D eigenvalue weighted by molar-refractivity contribution is -0.122. The molecule has 1 amide bonds. The molecule has 3 heterocycles. The van der Waals surface area contributed by atoms with E-state index >= 15 is 0 Å². The quantitative estimate of drug-likeness (QED) is 0.728. The number of aromatic nitrogens is 1. The fourth-order valence-electron chi connectivity index (χ4n) is 4.06. The summed E-state index contributed by atoms with van der Waals surface area (Å²) < 4.78 is 5.68. The number of hydrogen-bond acceptors (Lipinski definition) is 4. The van der Waals surface area contributed by atoms with Crippen LogP contribution in [0.15, 0.2) is 48.7 Å². The molecule has 1 aromatic heterocycles. The van der Waals surface area contributed by atoms with Crippen molar-refractivity contribution in [2.24, 2.45) is 5.92 Å². The Morgan fingerprint density at radius 3 is 2.43 bits per heavy atom. The van der Waals surface area contributed by atoms with Crippen LogP contribution in [0.2, 0.25) is 0 Å². The molecule has 28 heavy (non-hydrogen) atoms. The first-order chi connectivity index (χ1) is 12.7. The van der Waals surface area contributed by atoms with E-state index in [0.717, 1.165) is 24.2 Å². The molecule has 2 aromatic rings. The Bertz CT molecular complexity index is 731. The van der Waals surface area contributed by atoms with Crippen LogP contribution in [0.3, 0.4) is 0 Å². The lowest BCUT2D eigenvalue weighted by Crippen LogP contribution is -2.39. The Labute approximate surface area is 178 Å². The van der Waals surface area contributed by atoms with E-state index in [1.807, 2.05) is 42.5 Å². The molecule has 2 saturated heterocycles. The number of nitrogens with zero attached hydrogens (tertiary/aromatic N) is 1. The van der Waals surface area contributed by atoms with Gasteiger partial charge in [0.15, 0.2) is 0 Å². The minimum absolute atomic E-state index is 0. The van der Waals surface area contributed by atoms with Gasteiger partial charge in [0, 0.05) is 37.3 Å². The van der Waals surface area contributed by atoms with E-state index in [1.54, 1.807) is 6.20 Å². The van der Waals surface area contributed by atoms with Crippen LogP contribution in [0, 0.1) is 5.92 Å². The second kappa shape index (κ2) is 10.6.